The molecular weight excluding hydrogens is 464 g/mol. The fourth-order valence-electron chi connectivity index (χ4n) is 3.62. The van der Waals surface area contributed by atoms with Gasteiger partial charge < -0.3 is 14.8 Å². The first-order chi connectivity index (χ1) is 16.7. The van der Waals surface area contributed by atoms with E-state index in [1.165, 1.54) is 11.3 Å². The molecule has 0 unspecified atom stereocenters. The Bertz CT molecular complexity index is 1150. The van der Waals surface area contributed by atoms with E-state index in [9.17, 15) is 4.79 Å². The lowest BCUT2D eigenvalue weighted by molar-refractivity contribution is -0.116. The van der Waals surface area contributed by atoms with Gasteiger partial charge in [-0.1, -0.05) is 60.7 Å². The number of rotatable bonds is 10. The van der Waals surface area contributed by atoms with Crippen LogP contribution in [0.5, 0.6) is 11.5 Å². The van der Waals surface area contributed by atoms with Gasteiger partial charge in [-0.15, -0.1) is 11.3 Å². The van der Waals surface area contributed by atoms with Crippen LogP contribution in [0.3, 0.4) is 0 Å². The Balaban J connectivity index is 1.39. The third-order valence-electron chi connectivity index (χ3n) is 5.24. The van der Waals surface area contributed by atoms with Crippen molar-refractivity contribution in [1.82, 2.24) is 4.98 Å². The third kappa shape index (κ3) is 6.18. The highest BCUT2D eigenvalue weighted by Gasteiger charge is 2.23. The largest absolute Gasteiger partial charge is 0.497 e. The van der Waals surface area contributed by atoms with E-state index in [4.69, 9.17) is 9.47 Å². The molecule has 0 spiro atoms. The molecule has 0 atom stereocenters. The maximum absolute atomic E-state index is 13.3. The van der Waals surface area contributed by atoms with Gasteiger partial charge in [-0.2, -0.15) is 11.8 Å². The molecule has 0 aliphatic rings. The third-order valence-corrected chi connectivity index (χ3v) is 7.08. The van der Waals surface area contributed by atoms with Crippen LogP contribution < -0.4 is 14.8 Å². The Hall–Kier alpha value is -3.29. The molecule has 4 aromatic rings. The van der Waals surface area contributed by atoms with Crippen molar-refractivity contribution in [3.05, 3.63) is 107 Å². The van der Waals surface area contributed by atoms with Crippen molar-refractivity contribution < 1.29 is 14.3 Å². The lowest BCUT2D eigenvalue weighted by Gasteiger charge is -2.17. The summed E-state index contributed by atoms with van der Waals surface area (Å²) in [6.45, 7) is 0. The van der Waals surface area contributed by atoms with E-state index in [1.807, 2.05) is 84.2 Å². The smallest absolute Gasteiger partial charge is 0.238 e. The van der Waals surface area contributed by atoms with Gasteiger partial charge in [0.15, 0.2) is 5.13 Å². The van der Waals surface area contributed by atoms with Crippen LogP contribution in [0.15, 0.2) is 84.2 Å². The van der Waals surface area contributed by atoms with E-state index >= 15 is 0 Å². The number of thioether (sulfide) groups is 1. The molecule has 0 radical (unpaired) electrons. The molecule has 1 heterocycles. The van der Waals surface area contributed by atoms with Gasteiger partial charge in [0.25, 0.3) is 0 Å². The lowest BCUT2D eigenvalue weighted by Crippen LogP contribution is -2.22. The van der Waals surface area contributed by atoms with Crippen LogP contribution in [0.25, 0.3) is 0 Å². The number of hydrogen-bond acceptors (Lipinski definition) is 6. The van der Waals surface area contributed by atoms with Gasteiger partial charge in [0.05, 0.1) is 25.8 Å². The highest BCUT2D eigenvalue weighted by molar-refractivity contribution is 7.97. The van der Waals surface area contributed by atoms with E-state index in [1.54, 1.807) is 26.0 Å². The van der Waals surface area contributed by atoms with Crippen molar-refractivity contribution >= 4 is 34.1 Å². The van der Waals surface area contributed by atoms with Gasteiger partial charge in [-0.3, -0.25) is 4.79 Å². The number of nitrogens with one attached hydrogen (secondary N) is 1. The molecule has 1 N–H and O–H groups in total. The van der Waals surface area contributed by atoms with Crippen LogP contribution in [0.1, 0.15) is 28.3 Å². The summed E-state index contributed by atoms with van der Waals surface area (Å²) in [6, 6.07) is 25.5. The van der Waals surface area contributed by atoms with Gasteiger partial charge in [0.2, 0.25) is 5.91 Å². The molecule has 0 aliphatic carbocycles. The number of carbonyl (C=O) groups excluding carboxylic acids is 1. The van der Waals surface area contributed by atoms with E-state index in [2.05, 4.69) is 10.3 Å². The number of aromatic nitrogens is 1. The molecular formula is C27H26N2O3S2. The van der Waals surface area contributed by atoms with Gasteiger partial charge in [-0.05, 0) is 28.8 Å². The zero-order chi connectivity index (χ0) is 23.8. The number of amides is 1. The molecule has 0 aliphatic heterocycles. The minimum absolute atomic E-state index is 0.0885. The normalized spacial score (nSPS) is 10.8. The molecule has 1 amide bonds. The second-order valence-electron chi connectivity index (χ2n) is 7.60. The van der Waals surface area contributed by atoms with E-state index in [-0.39, 0.29) is 5.91 Å². The molecule has 0 fully saturated rings. The first-order valence-electron chi connectivity index (χ1n) is 10.8. The maximum Gasteiger partial charge on any atom is 0.238 e. The van der Waals surface area contributed by atoms with Crippen LogP contribution in [0.4, 0.5) is 5.13 Å². The van der Waals surface area contributed by atoms with Crippen molar-refractivity contribution in [2.75, 3.05) is 19.5 Å². The summed E-state index contributed by atoms with van der Waals surface area (Å²) >= 11 is 3.20. The maximum atomic E-state index is 13.3. The first-order valence-corrected chi connectivity index (χ1v) is 12.8. The summed E-state index contributed by atoms with van der Waals surface area (Å²) in [7, 11) is 3.30. The quantitative estimate of drug-likeness (QED) is 0.280. The fourth-order valence-corrected chi connectivity index (χ4v) is 5.30. The second kappa shape index (κ2) is 11.7. The Morgan fingerprint density at radius 2 is 1.50 bits per heavy atom. The molecule has 174 valence electrons. The van der Waals surface area contributed by atoms with Gasteiger partial charge in [0, 0.05) is 23.0 Å². The van der Waals surface area contributed by atoms with Gasteiger partial charge >= 0.3 is 0 Å². The first kappa shape index (κ1) is 23.9. The van der Waals surface area contributed by atoms with E-state index in [0.717, 1.165) is 45.4 Å². The average molecular weight is 491 g/mol. The zero-order valence-electron chi connectivity index (χ0n) is 19.1. The van der Waals surface area contributed by atoms with Crippen molar-refractivity contribution in [2.45, 2.75) is 17.4 Å². The number of ether oxygens (including phenoxy) is 2. The monoisotopic (exact) mass is 490 g/mol. The summed E-state index contributed by atoms with van der Waals surface area (Å²) in [5.74, 6) is 2.62. The fraction of sp³-hybridized carbons (Fsp3) is 0.185. The summed E-state index contributed by atoms with van der Waals surface area (Å²) in [6.07, 6.45) is 0. The molecule has 1 aromatic heterocycles. The predicted molar refractivity (Wildman–Crippen MR) is 140 cm³/mol. The van der Waals surface area contributed by atoms with Gasteiger partial charge in [-0.25, -0.2) is 4.98 Å². The summed E-state index contributed by atoms with van der Waals surface area (Å²) < 4.78 is 10.7. The van der Waals surface area contributed by atoms with Crippen molar-refractivity contribution in [3.63, 3.8) is 0 Å². The van der Waals surface area contributed by atoms with Crippen molar-refractivity contribution in [3.8, 4) is 11.5 Å². The molecule has 0 bridgehead atoms. The summed E-state index contributed by atoms with van der Waals surface area (Å²) in [5.41, 5.74) is 3.97. The van der Waals surface area contributed by atoms with Crippen LogP contribution in [-0.4, -0.2) is 25.1 Å². The Morgan fingerprint density at radius 1 is 0.912 bits per heavy atom. The minimum Gasteiger partial charge on any atom is -0.497 e. The molecule has 34 heavy (non-hydrogen) atoms. The van der Waals surface area contributed by atoms with Crippen molar-refractivity contribution in [2.24, 2.45) is 0 Å². The standard InChI is InChI=1S/C27H26N2O3S2/c1-31-23-13-19(14-24(15-23)32-2)16-33-17-22-18-34-27(28-22)29-26(30)25(20-9-5-3-6-10-20)21-11-7-4-8-12-21/h3-15,18,25H,16-17H2,1-2H3,(H,28,29,30). The molecule has 0 saturated carbocycles. The Labute approximate surface area is 208 Å². The van der Waals surface area contributed by atoms with Gasteiger partial charge in [0.1, 0.15) is 11.5 Å². The number of anilines is 1. The Morgan fingerprint density at radius 3 is 2.06 bits per heavy atom. The molecule has 3 aromatic carbocycles. The SMILES string of the molecule is COc1cc(CSCc2csc(NC(=O)C(c3ccccc3)c3ccccc3)n2)cc(OC)c1. The minimum atomic E-state index is -0.396. The summed E-state index contributed by atoms with van der Waals surface area (Å²) in [4.78, 5) is 17.9. The number of hydrogen-bond donors (Lipinski definition) is 1. The number of thiazole rings is 1. The number of benzene rings is 3. The highest BCUT2D eigenvalue weighted by atomic mass is 32.2. The van der Waals surface area contributed by atoms with Crippen molar-refractivity contribution in [1.29, 1.82) is 0 Å². The van der Waals surface area contributed by atoms with E-state index in [0.29, 0.717) is 5.13 Å². The molecule has 0 saturated heterocycles. The molecule has 7 heteroatoms. The predicted octanol–water partition coefficient (Wildman–Crippen LogP) is 6.36. The highest BCUT2D eigenvalue weighted by Crippen LogP contribution is 2.29. The van der Waals surface area contributed by atoms with E-state index < -0.39 is 5.92 Å². The Kier molecular flexibility index (Phi) is 8.22. The average Bonchev–Trinajstić information content (AvgIpc) is 3.32. The van der Waals surface area contributed by atoms with Crippen LogP contribution in [0, 0.1) is 0 Å². The second-order valence-corrected chi connectivity index (χ2v) is 9.45. The molecule has 5 nitrogen and oxygen atoms in total. The topological polar surface area (TPSA) is 60.5 Å². The summed E-state index contributed by atoms with van der Waals surface area (Å²) in [5, 5.41) is 5.63. The molecule has 4 rings (SSSR count). The number of nitrogens with zero attached hydrogens (tertiary/aromatic N) is 1. The van der Waals surface area contributed by atoms with Crippen LogP contribution >= 0.6 is 23.1 Å². The number of carbonyl (C=O) groups is 1. The lowest BCUT2D eigenvalue weighted by atomic mass is 9.90. The number of methoxy groups -OCH3 is 2. The van der Waals surface area contributed by atoms with Crippen LogP contribution in [-0.2, 0) is 16.3 Å². The zero-order valence-corrected chi connectivity index (χ0v) is 20.7. The van der Waals surface area contributed by atoms with Crippen LogP contribution in [0.2, 0.25) is 0 Å².